The predicted molar refractivity (Wildman–Crippen MR) is 73.9 cm³/mol. The summed E-state index contributed by atoms with van der Waals surface area (Å²) in [6.07, 6.45) is 6.89. The zero-order valence-corrected chi connectivity index (χ0v) is 11.1. The number of pyridine rings is 1. The molecule has 0 spiro atoms. The lowest BCUT2D eigenvalue weighted by Crippen LogP contribution is -2.25. The van der Waals surface area contributed by atoms with Crippen molar-refractivity contribution in [3.8, 4) is 5.82 Å². The first-order chi connectivity index (χ1) is 10.3. The summed E-state index contributed by atoms with van der Waals surface area (Å²) in [5, 5.41) is 10.2. The van der Waals surface area contributed by atoms with Gasteiger partial charge in [0.05, 0.1) is 11.8 Å². The zero-order valence-electron chi connectivity index (χ0n) is 11.1. The van der Waals surface area contributed by atoms with Crippen molar-refractivity contribution >= 4 is 5.91 Å². The quantitative estimate of drug-likeness (QED) is 0.761. The standard InChI is InChI=1S/C14H13N5O2/c20-14(15-6-5-12-2-1-7-21-12)11-3-4-13(16-8-11)19-9-17-18-10-19/h1-4,7-10H,5-6H2,(H,15,20). The minimum absolute atomic E-state index is 0.163. The third-order valence-electron chi connectivity index (χ3n) is 2.93. The van der Waals surface area contributed by atoms with E-state index in [1.54, 1.807) is 35.6 Å². The first-order valence-corrected chi connectivity index (χ1v) is 6.44. The van der Waals surface area contributed by atoms with Gasteiger partial charge in [0.2, 0.25) is 0 Å². The summed E-state index contributed by atoms with van der Waals surface area (Å²) in [5.74, 6) is 1.34. The number of carbonyl (C=O) groups is 1. The Bertz CT molecular complexity index is 690. The Morgan fingerprint density at radius 1 is 1.24 bits per heavy atom. The third kappa shape index (κ3) is 3.14. The average Bonchev–Trinajstić information content (AvgIpc) is 3.21. The molecule has 0 radical (unpaired) electrons. The highest BCUT2D eigenvalue weighted by molar-refractivity contribution is 5.93. The molecule has 21 heavy (non-hydrogen) atoms. The summed E-state index contributed by atoms with van der Waals surface area (Å²) in [5.41, 5.74) is 0.506. The molecule has 106 valence electrons. The largest absolute Gasteiger partial charge is 0.469 e. The van der Waals surface area contributed by atoms with Gasteiger partial charge in [0.1, 0.15) is 24.2 Å². The van der Waals surface area contributed by atoms with E-state index in [2.05, 4.69) is 20.5 Å². The van der Waals surface area contributed by atoms with Crippen LogP contribution in [0.4, 0.5) is 0 Å². The molecule has 0 saturated carbocycles. The first kappa shape index (κ1) is 13.0. The van der Waals surface area contributed by atoms with Crippen LogP contribution in [0.15, 0.2) is 53.8 Å². The number of aromatic nitrogens is 4. The lowest BCUT2D eigenvalue weighted by molar-refractivity contribution is 0.0953. The molecule has 0 bridgehead atoms. The van der Waals surface area contributed by atoms with E-state index in [1.165, 1.54) is 6.20 Å². The number of nitrogens with one attached hydrogen (secondary N) is 1. The van der Waals surface area contributed by atoms with E-state index >= 15 is 0 Å². The molecule has 0 fully saturated rings. The smallest absolute Gasteiger partial charge is 0.252 e. The van der Waals surface area contributed by atoms with Crippen molar-refractivity contribution in [3.05, 3.63) is 60.7 Å². The van der Waals surface area contributed by atoms with Crippen LogP contribution in [0.1, 0.15) is 16.1 Å². The molecule has 3 aromatic heterocycles. The summed E-state index contributed by atoms with van der Waals surface area (Å²) in [7, 11) is 0. The fourth-order valence-corrected chi connectivity index (χ4v) is 1.85. The van der Waals surface area contributed by atoms with E-state index in [1.807, 2.05) is 12.1 Å². The van der Waals surface area contributed by atoms with Crippen LogP contribution >= 0.6 is 0 Å². The van der Waals surface area contributed by atoms with Crippen LogP contribution < -0.4 is 5.32 Å². The number of hydrogen-bond acceptors (Lipinski definition) is 5. The maximum atomic E-state index is 12.0. The van der Waals surface area contributed by atoms with Crippen LogP contribution in [0.3, 0.4) is 0 Å². The van der Waals surface area contributed by atoms with Crippen molar-refractivity contribution in [2.75, 3.05) is 6.54 Å². The summed E-state index contributed by atoms with van der Waals surface area (Å²) in [6, 6.07) is 7.15. The second-order valence-corrected chi connectivity index (χ2v) is 4.36. The van der Waals surface area contributed by atoms with E-state index in [4.69, 9.17) is 4.42 Å². The fourth-order valence-electron chi connectivity index (χ4n) is 1.85. The molecular weight excluding hydrogens is 270 g/mol. The van der Waals surface area contributed by atoms with Crippen LogP contribution in [0.25, 0.3) is 5.82 Å². The van der Waals surface area contributed by atoms with Gasteiger partial charge in [-0.05, 0) is 24.3 Å². The van der Waals surface area contributed by atoms with Gasteiger partial charge in [0.15, 0.2) is 0 Å². The molecule has 0 aliphatic heterocycles. The molecule has 7 nitrogen and oxygen atoms in total. The van der Waals surface area contributed by atoms with Crippen molar-refractivity contribution in [1.82, 2.24) is 25.1 Å². The zero-order chi connectivity index (χ0) is 14.5. The molecule has 3 rings (SSSR count). The van der Waals surface area contributed by atoms with Gasteiger partial charge in [-0.3, -0.25) is 9.36 Å². The normalized spacial score (nSPS) is 10.5. The van der Waals surface area contributed by atoms with Gasteiger partial charge >= 0.3 is 0 Å². The molecule has 0 unspecified atom stereocenters. The van der Waals surface area contributed by atoms with Crippen LogP contribution in [0.2, 0.25) is 0 Å². The minimum atomic E-state index is -0.163. The molecule has 0 aromatic carbocycles. The number of furan rings is 1. The molecule has 0 aliphatic carbocycles. The Morgan fingerprint density at radius 2 is 2.10 bits per heavy atom. The Hall–Kier alpha value is -2.96. The molecule has 7 heteroatoms. The average molecular weight is 283 g/mol. The van der Waals surface area contributed by atoms with Gasteiger partial charge in [-0.2, -0.15) is 0 Å². The van der Waals surface area contributed by atoms with E-state index < -0.39 is 0 Å². The molecule has 0 aliphatic rings. The van der Waals surface area contributed by atoms with Crippen LogP contribution in [0, 0.1) is 0 Å². The van der Waals surface area contributed by atoms with Gasteiger partial charge < -0.3 is 9.73 Å². The van der Waals surface area contributed by atoms with Crippen molar-refractivity contribution < 1.29 is 9.21 Å². The number of carbonyl (C=O) groups excluding carboxylic acids is 1. The fraction of sp³-hybridized carbons (Fsp3) is 0.143. The van der Waals surface area contributed by atoms with Crippen molar-refractivity contribution in [2.45, 2.75) is 6.42 Å². The van der Waals surface area contributed by atoms with Crippen LogP contribution in [-0.4, -0.2) is 32.2 Å². The number of rotatable bonds is 5. The number of nitrogens with zero attached hydrogens (tertiary/aromatic N) is 4. The highest BCUT2D eigenvalue weighted by atomic mass is 16.3. The first-order valence-electron chi connectivity index (χ1n) is 6.44. The maximum Gasteiger partial charge on any atom is 0.252 e. The van der Waals surface area contributed by atoms with Crippen LogP contribution in [-0.2, 0) is 6.42 Å². The molecule has 3 aromatic rings. The van der Waals surface area contributed by atoms with E-state index in [0.29, 0.717) is 24.3 Å². The van der Waals surface area contributed by atoms with Crippen molar-refractivity contribution in [2.24, 2.45) is 0 Å². The number of amides is 1. The lowest BCUT2D eigenvalue weighted by Gasteiger charge is -2.05. The third-order valence-corrected chi connectivity index (χ3v) is 2.93. The predicted octanol–water partition coefficient (Wildman–Crippen LogP) is 1.23. The summed E-state index contributed by atoms with van der Waals surface area (Å²) in [4.78, 5) is 16.2. The minimum Gasteiger partial charge on any atom is -0.469 e. The monoisotopic (exact) mass is 283 g/mol. The molecular formula is C14H13N5O2. The summed E-state index contributed by atoms with van der Waals surface area (Å²) < 4.78 is 6.87. The van der Waals surface area contributed by atoms with Crippen molar-refractivity contribution in [1.29, 1.82) is 0 Å². The summed E-state index contributed by atoms with van der Waals surface area (Å²) in [6.45, 7) is 0.513. The molecule has 3 heterocycles. The highest BCUT2D eigenvalue weighted by Crippen LogP contribution is 2.05. The van der Waals surface area contributed by atoms with Crippen molar-refractivity contribution in [3.63, 3.8) is 0 Å². The van der Waals surface area contributed by atoms with Gasteiger partial charge in [-0.15, -0.1) is 10.2 Å². The van der Waals surface area contributed by atoms with Gasteiger partial charge in [0.25, 0.3) is 5.91 Å². The molecule has 1 N–H and O–H groups in total. The second kappa shape index (κ2) is 6.00. The van der Waals surface area contributed by atoms with E-state index in [0.717, 1.165) is 5.76 Å². The molecule has 0 atom stereocenters. The van der Waals surface area contributed by atoms with Gasteiger partial charge in [-0.25, -0.2) is 4.98 Å². The van der Waals surface area contributed by atoms with E-state index in [-0.39, 0.29) is 5.91 Å². The Morgan fingerprint density at radius 3 is 2.76 bits per heavy atom. The highest BCUT2D eigenvalue weighted by Gasteiger charge is 2.07. The Balaban J connectivity index is 1.57. The maximum absolute atomic E-state index is 12.0. The second-order valence-electron chi connectivity index (χ2n) is 4.36. The topological polar surface area (TPSA) is 85.8 Å². The molecule has 0 saturated heterocycles. The number of hydrogen-bond donors (Lipinski definition) is 1. The van der Waals surface area contributed by atoms with E-state index in [9.17, 15) is 4.79 Å². The SMILES string of the molecule is O=C(NCCc1ccco1)c1ccc(-n2cnnc2)nc1. The van der Waals surface area contributed by atoms with Gasteiger partial charge in [-0.1, -0.05) is 0 Å². The Labute approximate surface area is 120 Å². The van der Waals surface area contributed by atoms with Crippen LogP contribution in [0.5, 0.6) is 0 Å². The Kier molecular flexibility index (Phi) is 3.72. The summed E-state index contributed by atoms with van der Waals surface area (Å²) >= 11 is 0. The lowest BCUT2D eigenvalue weighted by atomic mass is 10.2. The molecule has 1 amide bonds. The van der Waals surface area contributed by atoms with Gasteiger partial charge in [0, 0.05) is 19.2 Å².